The smallest absolute Gasteiger partial charge is 0.268 e. The Bertz CT molecular complexity index is 589. The van der Waals surface area contributed by atoms with E-state index in [2.05, 4.69) is 5.32 Å². The first-order valence-electron chi connectivity index (χ1n) is 7.21. The van der Waals surface area contributed by atoms with Gasteiger partial charge in [0.2, 0.25) is 0 Å². The van der Waals surface area contributed by atoms with Crippen molar-refractivity contribution < 1.29 is 9.90 Å². The van der Waals surface area contributed by atoms with Crippen molar-refractivity contribution in [3.05, 3.63) is 36.0 Å². The molecule has 0 saturated carbocycles. The van der Waals surface area contributed by atoms with Gasteiger partial charge in [0.15, 0.2) is 0 Å². The molecule has 0 radical (unpaired) electrons. The number of hydrogen-bond donors (Lipinski definition) is 2. The minimum absolute atomic E-state index is 0.0239. The number of fused-ring (bicyclic) bond motifs is 1. The number of carbonyl (C=O) groups excluding carboxylic acids is 1. The predicted octanol–water partition coefficient (Wildman–Crippen LogP) is 2.55. The lowest BCUT2D eigenvalue weighted by atomic mass is 10.1. The molecule has 0 aliphatic carbocycles. The Labute approximate surface area is 119 Å². The van der Waals surface area contributed by atoms with E-state index >= 15 is 0 Å². The molecule has 1 aromatic heterocycles. The zero-order chi connectivity index (χ0) is 14.5. The summed E-state index contributed by atoms with van der Waals surface area (Å²) in [6, 6.07) is 9.96. The molecule has 0 aliphatic heterocycles. The van der Waals surface area contributed by atoms with Gasteiger partial charge in [0.05, 0.1) is 0 Å². The van der Waals surface area contributed by atoms with Gasteiger partial charge in [0.25, 0.3) is 5.91 Å². The first-order valence-corrected chi connectivity index (χ1v) is 7.21. The van der Waals surface area contributed by atoms with Crippen molar-refractivity contribution in [1.29, 1.82) is 0 Å². The molecule has 0 saturated heterocycles. The van der Waals surface area contributed by atoms with Gasteiger partial charge in [-0.3, -0.25) is 4.79 Å². The fourth-order valence-corrected chi connectivity index (χ4v) is 2.53. The van der Waals surface area contributed by atoms with E-state index in [1.807, 2.05) is 48.7 Å². The molecule has 1 heterocycles. The van der Waals surface area contributed by atoms with Crippen molar-refractivity contribution >= 4 is 16.8 Å². The monoisotopic (exact) mass is 274 g/mol. The lowest BCUT2D eigenvalue weighted by molar-refractivity contribution is 0.0920. The van der Waals surface area contributed by atoms with Crippen LogP contribution < -0.4 is 5.32 Å². The zero-order valence-corrected chi connectivity index (χ0v) is 12.1. The highest BCUT2D eigenvalue weighted by molar-refractivity contribution is 5.98. The molecule has 1 aromatic carbocycles. The molecule has 2 rings (SSSR count). The van der Waals surface area contributed by atoms with E-state index < -0.39 is 0 Å². The third-order valence-corrected chi connectivity index (χ3v) is 3.67. The van der Waals surface area contributed by atoms with E-state index in [1.54, 1.807) is 0 Å². The van der Waals surface area contributed by atoms with Crippen molar-refractivity contribution in [1.82, 2.24) is 9.88 Å². The third kappa shape index (κ3) is 2.85. The van der Waals surface area contributed by atoms with Crippen LogP contribution >= 0.6 is 0 Å². The lowest BCUT2D eigenvalue weighted by Crippen LogP contribution is -2.36. The second kappa shape index (κ2) is 6.57. The third-order valence-electron chi connectivity index (χ3n) is 3.67. The van der Waals surface area contributed by atoms with Crippen LogP contribution in [0.5, 0.6) is 0 Å². The Morgan fingerprint density at radius 2 is 2.10 bits per heavy atom. The van der Waals surface area contributed by atoms with Crippen LogP contribution in [-0.4, -0.2) is 28.2 Å². The van der Waals surface area contributed by atoms with Crippen LogP contribution in [-0.2, 0) is 6.54 Å². The number of carbonyl (C=O) groups is 1. The van der Waals surface area contributed by atoms with E-state index in [9.17, 15) is 4.79 Å². The molecular weight excluding hydrogens is 252 g/mol. The van der Waals surface area contributed by atoms with Gasteiger partial charge in [0, 0.05) is 30.1 Å². The van der Waals surface area contributed by atoms with Gasteiger partial charge in [-0.05, 0) is 31.9 Å². The van der Waals surface area contributed by atoms with Gasteiger partial charge in [-0.15, -0.1) is 0 Å². The average Bonchev–Trinajstić information content (AvgIpc) is 2.85. The second-order valence-electron chi connectivity index (χ2n) is 4.92. The van der Waals surface area contributed by atoms with E-state index in [4.69, 9.17) is 5.11 Å². The number of amides is 1. The summed E-state index contributed by atoms with van der Waals surface area (Å²) >= 11 is 0. The summed E-state index contributed by atoms with van der Waals surface area (Å²) in [5, 5.41) is 13.1. The molecular formula is C16H22N2O2. The quantitative estimate of drug-likeness (QED) is 0.850. The second-order valence-corrected chi connectivity index (χ2v) is 4.92. The highest BCUT2D eigenvalue weighted by atomic mass is 16.3. The fraction of sp³-hybridized carbons (Fsp3) is 0.438. The van der Waals surface area contributed by atoms with Crippen LogP contribution in [0.4, 0.5) is 0 Å². The maximum Gasteiger partial charge on any atom is 0.268 e. The first kappa shape index (κ1) is 14.6. The number of aryl methyl sites for hydroxylation is 1. The van der Waals surface area contributed by atoms with Crippen molar-refractivity contribution in [2.24, 2.45) is 0 Å². The van der Waals surface area contributed by atoms with E-state index in [0.29, 0.717) is 12.1 Å². The molecule has 2 aromatic rings. The van der Waals surface area contributed by atoms with Crippen LogP contribution in [0.2, 0.25) is 0 Å². The summed E-state index contributed by atoms with van der Waals surface area (Å²) in [4.78, 5) is 12.4. The maximum absolute atomic E-state index is 12.4. The summed E-state index contributed by atoms with van der Waals surface area (Å²) in [5.41, 5.74) is 1.76. The standard InChI is InChI=1S/C16H22N2O2/c1-3-13(9-10-19)17-16(20)15-11-12-7-5-6-8-14(12)18(15)4-2/h5-8,11,13,19H,3-4,9-10H2,1-2H3,(H,17,20). The van der Waals surface area contributed by atoms with Crippen LogP contribution in [0.3, 0.4) is 0 Å². The Balaban J connectivity index is 2.29. The molecule has 1 unspecified atom stereocenters. The summed E-state index contributed by atoms with van der Waals surface area (Å²) in [5.74, 6) is -0.0663. The number of nitrogens with zero attached hydrogens (tertiary/aromatic N) is 1. The normalized spacial score (nSPS) is 12.6. The SMILES string of the molecule is CCC(CCO)NC(=O)c1cc2ccccc2n1CC. The van der Waals surface area contributed by atoms with E-state index in [1.165, 1.54) is 0 Å². The lowest BCUT2D eigenvalue weighted by Gasteiger charge is -2.16. The molecule has 0 aliphatic rings. The highest BCUT2D eigenvalue weighted by Crippen LogP contribution is 2.20. The Hall–Kier alpha value is -1.81. The number of aliphatic hydroxyl groups excluding tert-OH is 1. The van der Waals surface area contributed by atoms with Crippen LogP contribution in [0.1, 0.15) is 37.2 Å². The number of benzene rings is 1. The summed E-state index contributed by atoms with van der Waals surface area (Å²) < 4.78 is 2.02. The first-order chi connectivity index (χ1) is 9.71. The van der Waals surface area contributed by atoms with Crippen molar-refractivity contribution in [2.75, 3.05) is 6.61 Å². The van der Waals surface area contributed by atoms with Gasteiger partial charge in [-0.25, -0.2) is 0 Å². The van der Waals surface area contributed by atoms with Gasteiger partial charge >= 0.3 is 0 Å². The highest BCUT2D eigenvalue weighted by Gasteiger charge is 2.17. The largest absolute Gasteiger partial charge is 0.396 e. The Morgan fingerprint density at radius 3 is 2.75 bits per heavy atom. The van der Waals surface area contributed by atoms with Gasteiger partial charge in [-0.1, -0.05) is 25.1 Å². The number of nitrogens with one attached hydrogen (secondary N) is 1. The van der Waals surface area contributed by atoms with Crippen molar-refractivity contribution in [2.45, 2.75) is 39.3 Å². The van der Waals surface area contributed by atoms with Gasteiger partial charge in [0.1, 0.15) is 5.69 Å². The molecule has 0 bridgehead atoms. The molecule has 1 atom stereocenters. The minimum Gasteiger partial charge on any atom is -0.396 e. The summed E-state index contributed by atoms with van der Waals surface area (Å²) in [6.45, 7) is 4.90. The molecule has 2 N–H and O–H groups in total. The van der Waals surface area contributed by atoms with Gasteiger partial charge in [-0.2, -0.15) is 0 Å². The number of rotatable bonds is 6. The Morgan fingerprint density at radius 1 is 1.35 bits per heavy atom. The zero-order valence-electron chi connectivity index (χ0n) is 12.1. The molecule has 4 nitrogen and oxygen atoms in total. The Kier molecular flexibility index (Phi) is 4.79. The average molecular weight is 274 g/mol. The minimum atomic E-state index is -0.0663. The maximum atomic E-state index is 12.4. The summed E-state index contributed by atoms with van der Waals surface area (Å²) in [6.07, 6.45) is 1.41. The van der Waals surface area contributed by atoms with Crippen LogP contribution in [0.15, 0.2) is 30.3 Å². The molecule has 108 valence electrons. The predicted molar refractivity (Wildman–Crippen MR) is 80.9 cm³/mol. The topological polar surface area (TPSA) is 54.3 Å². The van der Waals surface area contributed by atoms with Crippen molar-refractivity contribution in [3.63, 3.8) is 0 Å². The molecule has 0 spiro atoms. The van der Waals surface area contributed by atoms with Crippen LogP contribution in [0.25, 0.3) is 10.9 Å². The van der Waals surface area contributed by atoms with Crippen molar-refractivity contribution in [3.8, 4) is 0 Å². The fourth-order valence-electron chi connectivity index (χ4n) is 2.53. The molecule has 20 heavy (non-hydrogen) atoms. The van der Waals surface area contributed by atoms with E-state index in [-0.39, 0.29) is 18.6 Å². The number of aromatic nitrogens is 1. The van der Waals surface area contributed by atoms with Gasteiger partial charge < -0.3 is 15.0 Å². The molecule has 4 heteroatoms. The van der Waals surface area contributed by atoms with E-state index in [0.717, 1.165) is 23.9 Å². The number of para-hydroxylation sites is 1. The molecule has 1 amide bonds. The summed E-state index contributed by atoms with van der Waals surface area (Å²) in [7, 11) is 0. The molecule has 0 fully saturated rings. The number of hydrogen-bond acceptors (Lipinski definition) is 2. The number of aliphatic hydroxyl groups is 1. The van der Waals surface area contributed by atoms with Crippen LogP contribution in [0, 0.1) is 0 Å².